The van der Waals surface area contributed by atoms with E-state index in [9.17, 15) is 14.4 Å². The second-order valence-corrected chi connectivity index (χ2v) is 7.86. The molecule has 1 rings (SSSR count). The van der Waals surface area contributed by atoms with E-state index in [1.165, 1.54) is 18.2 Å². The zero-order chi connectivity index (χ0) is 18.4. The number of hydrogen-bond donors (Lipinski definition) is 3. The Balaban J connectivity index is 2.92. The summed E-state index contributed by atoms with van der Waals surface area (Å²) in [5.41, 5.74) is 9.81. The van der Waals surface area contributed by atoms with Gasteiger partial charge in [0.05, 0.1) is 19.6 Å². The highest BCUT2D eigenvalue weighted by molar-refractivity contribution is 8.00. The molecule has 0 amide bonds. The summed E-state index contributed by atoms with van der Waals surface area (Å²) in [4.78, 5) is 35.5. The molecule has 24 heavy (non-hydrogen) atoms. The molecule has 0 radical (unpaired) electrons. The second-order valence-electron chi connectivity index (χ2n) is 6.42. The average Bonchev–Trinajstić information content (AvgIpc) is 2.58. The Bertz CT molecular complexity index is 479. The van der Waals surface area contributed by atoms with Crippen LogP contribution < -0.4 is 11.5 Å². The van der Waals surface area contributed by atoms with E-state index in [0.717, 1.165) is 39.2 Å². The lowest BCUT2D eigenvalue weighted by atomic mass is 9.86. The molecule has 0 aliphatic heterocycles. The van der Waals surface area contributed by atoms with Gasteiger partial charge in [-0.15, -0.1) is 0 Å². The zero-order valence-electron chi connectivity index (χ0n) is 14.4. The minimum Gasteiger partial charge on any atom is -0.481 e. The lowest BCUT2D eigenvalue weighted by molar-refractivity contribution is -0.151. The van der Waals surface area contributed by atoms with Gasteiger partial charge in [0.1, 0.15) is 0 Å². The molecule has 1 aliphatic carbocycles. The van der Waals surface area contributed by atoms with Crippen molar-refractivity contribution in [1.29, 1.82) is 0 Å². The molecule has 1 aliphatic rings. The van der Waals surface area contributed by atoms with Crippen LogP contribution in [-0.4, -0.2) is 52.0 Å². The lowest BCUT2D eigenvalue weighted by Gasteiger charge is -2.38. The molecular formula is C16H28N2O5S. The van der Waals surface area contributed by atoms with E-state index in [1.54, 1.807) is 0 Å². The van der Waals surface area contributed by atoms with Crippen LogP contribution in [0.15, 0.2) is 0 Å². The number of esters is 1. The fraction of sp³-hybridized carbons (Fsp3) is 0.812. The molecule has 1 fully saturated rings. The van der Waals surface area contributed by atoms with Gasteiger partial charge in [0, 0.05) is 10.5 Å². The Kier molecular flexibility index (Phi) is 7.69. The molecule has 0 heterocycles. The molecule has 0 unspecified atom stereocenters. The summed E-state index contributed by atoms with van der Waals surface area (Å²) in [6.45, 7) is 2.09. The van der Waals surface area contributed by atoms with Crippen LogP contribution in [0.4, 0.5) is 0 Å². The summed E-state index contributed by atoms with van der Waals surface area (Å²) in [6, 6.07) is -1.34. The van der Waals surface area contributed by atoms with Gasteiger partial charge in [0.2, 0.25) is 0 Å². The topological polar surface area (TPSA) is 133 Å². The molecule has 1 saturated carbocycles. The third-order valence-corrected chi connectivity index (χ3v) is 6.64. The number of carboxylic acids is 1. The van der Waals surface area contributed by atoms with Gasteiger partial charge in [-0.1, -0.05) is 26.2 Å². The maximum atomic E-state index is 12.5. The number of Topliss-reactive ketones (excluding diaryl/α,β-unsaturated/α-hetero) is 1. The Morgan fingerprint density at radius 1 is 1.29 bits per heavy atom. The Morgan fingerprint density at radius 3 is 2.33 bits per heavy atom. The fourth-order valence-corrected chi connectivity index (χ4v) is 4.66. The number of carbonyl (C=O) groups excluding carboxylic acids is 2. The normalized spacial score (nSPS) is 20.7. The number of methoxy groups -OCH3 is 1. The third kappa shape index (κ3) is 4.94. The standard InChI is InChI=1S/C16H28N2O5S/c1-3-15(7-5-4-6-8-15)24-10-16(18,14(22)23-2)13(21)11(17)9-12(19)20/h11H,3-10,17-18H2,1-2H3,(H,19,20)/t11-,16+/m0/s1. The van der Waals surface area contributed by atoms with Crippen molar-refractivity contribution in [2.24, 2.45) is 11.5 Å². The fourth-order valence-electron chi connectivity index (χ4n) is 3.09. The summed E-state index contributed by atoms with van der Waals surface area (Å²) < 4.78 is 4.69. The molecule has 7 nitrogen and oxygen atoms in total. The van der Waals surface area contributed by atoms with Crippen molar-refractivity contribution >= 4 is 29.5 Å². The van der Waals surface area contributed by atoms with Crippen LogP contribution in [-0.2, 0) is 19.1 Å². The Labute approximate surface area is 146 Å². The molecule has 0 saturated heterocycles. The first-order valence-electron chi connectivity index (χ1n) is 8.23. The van der Waals surface area contributed by atoms with Crippen LogP contribution >= 0.6 is 11.8 Å². The summed E-state index contributed by atoms with van der Waals surface area (Å²) >= 11 is 1.51. The highest BCUT2D eigenvalue weighted by Gasteiger charge is 2.47. The predicted octanol–water partition coefficient (Wildman–Crippen LogP) is 1.07. The number of thioether (sulfide) groups is 1. The lowest BCUT2D eigenvalue weighted by Crippen LogP contribution is -2.63. The molecule has 5 N–H and O–H groups in total. The van der Waals surface area contributed by atoms with Crippen LogP contribution in [0.5, 0.6) is 0 Å². The quantitative estimate of drug-likeness (QED) is 0.411. The first-order valence-corrected chi connectivity index (χ1v) is 9.22. The van der Waals surface area contributed by atoms with Crippen molar-refractivity contribution in [2.45, 2.75) is 68.2 Å². The van der Waals surface area contributed by atoms with Crippen molar-refractivity contribution in [2.75, 3.05) is 12.9 Å². The zero-order valence-corrected chi connectivity index (χ0v) is 15.2. The highest BCUT2D eigenvalue weighted by atomic mass is 32.2. The molecule has 0 aromatic rings. The van der Waals surface area contributed by atoms with E-state index in [1.807, 2.05) is 0 Å². The summed E-state index contributed by atoms with van der Waals surface area (Å²) in [5.74, 6) is -2.83. The van der Waals surface area contributed by atoms with Crippen LogP contribution in [0.1, 0.15) is 51.9 Å². The van der Waals surface area contributed by atoms with Gasteiger partial charge in [-0.2, -0.15) is 11.8 Å². The molecule has 138 valence electrons. The van der Waals surface area contributed by atoms with Gasteiger partial charge < -0.3 is 21.3 Å². The van der Waals surface area contributed by atoms with Crippen LogP contribution in [0.2, 0.25) is 0 Å². The average molecular weight is 360 g/mol. The van der Waals surface area contributed by atoms with Crippen molar-refractivity contribution in [3.05, 3.63) is 0 Å². The van der Waals surface area contributed by atoms with Crippen molar-refractivity contribution in [3.8, 4) is 0 Å². The largest absolute Gasteiger partial charge is 0.481 e. The number of ether oxygens (including phenoxy) is 1. The maximum Gasteiger partial charge on any atom is 0.334 e. The van der Waals surface area contributed by atoms with E-state index < -0.39 is 35.7 Å². The second kappa shape index (κ2) is 8.82. The SMILES string of the molecule is CCC1(SC[C@](N)(C(=O)OC)C(=O)[C@@H](N)CC(=O)O)CCCCC1. The van der Waals surface area contributed by atoms with Crippen molar-refractivity contribution < 1.29 is 24.2 Å². The smallest absolute Gasteiger partial charge is 0.334 e. The molecule has 8 heteroatoms. The summed E-state index contributed by atoms with van der Waals surface area (Å²) in [7, 11) is 1.15. The number of ketones is 1. The third-order valence-electron chi connectivity index (χ3n) is 4.74. The molecule has 0 bridgehead atoms. The van der Waals surface area contributed by atoms with E-state index >= 15 is 0 Å². The van der Waals surface area contributed by atoms with Gasteiger partial charge in [-0.3, -0.25) is 9.59 Å². The van der Waals surface area contributed by atoms with E-state index in [-0.39, 0.29) is 10.5 Å². The first kappa shape index (κ1) is 20.9. The highest BCUT2D eigenvalue weighted by Crippen LogP contribution is 2.43. The van der Waals surface area contributed by atoms with Gasteiger partial charge in [0.25, 0.3) is 0 Å². The van der Waals surface area contributed by atoms with Gasteiger partial charge in [-0.25, -0.2) is 4.79 Å². The first-order chi connectivity index (χ1) is 11.2. The van der Waals surface area contributed by atoms with E-state index in [2.05, 4.69) is 6.92 Å². The van der Waals surface area contributed by atoms with E-state index in [4.69, 9.17) is 21.3 Å². The number of hydrogen-bond acceptors (Lipinski definition) is 7. The minimum absolute atomic E-state index is 0.00589. The number of carboxylic acid groups (broad SMARTS) is 1. The predicted molar refractivity (Wildman–Crippen MR) is 92.7 cm³/mol. The van der Waals surface area contributed by atoms with E-state index in [0.29, 0.717) is 0 Å². The molecule has 0 aromatic carbocycles. The number of aliphatic carboxylic acids is 1. The number of nitrogens with two attached hydrogens (primary N) is 2. The minimum atomic E-state index is -1.92. The molecular weight excluding hydrogens is 332 g/mol. The summed E-state index contributed by atoms with van der Waals surface area (Å²) in [6.07, 6.45) is 5.80. The van der Waals surface area contributed by atoms with Crippen LogP contribution in [0.3, 0.4) is 0 Å². The van der Waals surface area contributed by atoms with Crippen molar-refractivity contribution in [1.82, 2.24) is 0 Å². The van der Waals surface area contributed by atoms with Crippen molar-refractivity contribution in [3.63, 3.8) is 0 Å². The molecule has 0 aromatic heterocycles. The number of rotatable bonds is 9. The monoisotopic (exact) mass is 360 g/mol. The summed E-state index contributed by atoms with van der Waals surface area (Å²) in [5, 5.41) is 8.81. The number of carbonyl (C=O) groups is 3. The van der Waals surface area contributed by atoms with Gasteiger partial charge in [0.15, 0.2) is 11.3 Å². The Hall–Kier alpha value is -1.12. The molecule has 2 atom stereocenters. The van der Waals surface area contributed by atoms with Gasteiger partial charge >= 0.3 is 11.9 Å². The van der Waals surface area contributed by atoms with Gasteiger partial charge in [-0.05, 0) is 19.3 Å². The van der Waals surface area contributed by atoms with Crippen LogP contribution in [0.25, 0.3) is 0 Å². The molecule has 0 spiro atoms. The van der Waals surface area contributed by atoms with Crippen LogP contribution in [0, 0.1) is 0 Å². The Morgan fingerprint density at radius 2 is 1.88 bits per heavy atom. The maximum absolute atomic E-state index is 12.5.